The lowest BCUT2D eigenvalue weighted by atomic mass is 10.3. The number of carboxylic acid groups (broad SMARTS) is 1. The van der Waals surface area contributed by atoms with Crippen molar-refractivity contribution in [2.45, 2.75) is 10.2 Å². The third-order valence-corrected chi connectivity index (χ3v) is 2.72. The van der Waals surface area contributed by atoms with E-state index in [9.17, 15) is 13.6 Å². The average Bonchev–Trinajstić information content (AvgIpc) is 2.09. The van der Waals surface area contributed by atoms with Gasteiger partial charge in [0, 0.05) is 15.6 Å². The summed E-state index contributed by atoms with van der Waals surface area (Å²) in [5, 5.41) is 4.61. The molecule has 0 unspecified atom stereocenters. The zero-order valence-corrected chi connectivity index (χ0v) is 8.78. The van der Waals surface area contributed by atoms with Crippen molar-refractivity contribution in [1.29, 1.82) is 0 Å². The van der Waals surface area contributed by atoms with Crippen LogP contribution in [0.1, 0.15) is 0 Å². The van der Waals surface area contributed by atoms with Gasteiger partial charge in [-0.25, -0.2) is 4.79 Å². The van der Waals surface area contributed by atoms with Crippen molar-refractivity contribution in [1.82, 2.24) is 0 Å². The number of alkyl halides is 2. The van der Waals surface area contributed by atoms with Gasteiger partial charge in [0.1, 0.15) is 0 Å². The van der Waals surface area contributed by atoms with Crippen molar-refractivity contribution in [3.05, 3.63) is 23.2 Å². The molecule has 3 N–H and O–H groups in total. The van der Waals surface area contributed by atoms with E-state index in [1.165, 1.54) is 18.2 Å². The fourth-order valence-corrected chi connectivity index (χ4v) is 1.65. The van der Waals surface area contributed by atoms with Crippen molar-refractivity contribution in [2.24, 2.45) is 0 Å². The first-order valence-corrected chi connectivity index (χ1v) is 4.87. The second-order valence-corrected chi connectivity index (χ2v) is 4.20. The van der Waals surface area contributed by atoms with Crippen LogP contribution in [0.25, 0.3) is 0 Å². The predicted octanol–water partition coefficient (Wildman–Crippen LogP) is 2.69. The summed E-state index contributed by atoms with van der Waals surface area (Å²) in [4.78, 5) is 10.1. The van der Waals surface area contributed by atoms with Gasteiger partial charge in [-0.1, -0.05) is 11.6 Å². The van der Waals surface area contributed by atoms with E-state index < -0.39 is 11.2 Å². The highest BCUT2D eigenvalue weighted by atomic mass is 35.5. The predicted molar refractivity (Wildman–Crippen MR) is 54.3 cm³/mol. The molecule has 0 aliphatic heterocycles. The minimum atomic E-state index is -3.90. The molecule has 0 saturated heterocycles. The van der Waals surface area contributed by atoms with Crippen LogP contribution in [0, 0.1) is 0 Å². The van der Waals surface area contributed by atoms with E-state index in [0.29, 0.717) is 5.02 Å². The Balaban J connectivity index is 2.95. The fraction of sp³-hybridized carbons (Fsp3) is 0.125. The Morgan fingerprint density at radius 2 is 2.13 bits per heavy atom. The van der Waals surface area contributed by atoms with E-state index in [2.05, 4.69) is 0 Å². The number of carboxylic acids is 1. The first-order chi connectivity index (χ1) is 6.83. The second kappa shape index (κ2) is 4.24. The van der Waals surface area contributed by atoms with E-state index in [4.69, 9.17) is 22.4 Å². The van der Waals surface area contributed by atoms with Crippen LogP contribution in [0.2, 0.25) is 5.02 Å². The molecule has 0 fully saturated rings. The van der Waals surface area contributed by atoms with Crippen molar-refractivity contribution in [2.75, 3.05) is 5.73 Å². The highest BCUT2D eigenvalue weighted by Gasteiger charge is 2.40. The quantitative estimate of drug-likeness (QED) is 0.642. The topological polar surface area (TPSA) is 63.3 Å². The van der Waals surface area contributed by atoms with Crippen LogP contribution in [-0.2, 0) is 4.79 Å². The van der Waals surface area contributed by atoms with Crippen molar-refractivity contribution < 1.29 is 18.7 Å². The standard InChI is InChI=1S/C8H6ClF2NO2S/c9-4-1-2-6(5(12)3-4)15-8(10,11)7(13)14/h1-3H,12H2,(H,13,14). The molecule has 1 rings (SSSR count). The summed E-state index contributed by atoms with van der Waals surface area (Å²) in [5.74, 6) is -2.21. The Kier molecular flexibility index (Phi) is 3.41. The van der Waals surface area contributed by atoms with E-state index >= 15 is 0 Å². The van der Waals surface area contributed by atoms with Gasteiger partial charge in [0.15, 0.2) is 0 Å². The summed E-state index contributed by atoms with van der Waals surface area (Å²) in [6, 6.07) is 3.89. The molecule has 0 amide bonds. The van der Waals surface area contributed by atoms with Crippen LogP contribution in [0.15, 0.2) is 23.1 Å². The molecule has 0 atom stereocenters. The lowest BCUT2D eigenvalue weighted by Gasteiger charge is -2.11. The first kappa shape index (κ1) is 12.1. The Morgan fingerprint density at radius 1 is 1.53 bits per heavy atom. The molecule has 3 nitrogen and oxygen atoms in total. The number of hydrogen-bond acceptors (Lipinski definition) is 3. The maximum absolute atomic E-state index is 12.8. The molecule has 82 valence electrons. The minimum absolute atomic E-state index is 0.0215. The van der Waals surface area contributed by atoms with Gasteiger partial charge < -0.3 is 10.8 Å². The van der Waals surface area contributed by atoms with Gasteiger partial charge in [-0.2, -0.15) is 8.78 Å². The lowest BCUT2D eigenvalue weighted by Crippen LogP contribution is -2.23. The van der Waals surface area contributed by atoms with Crippen LogP contribution in [0.4, 0.5) is 14.5 Å². The van der Waals surface area contributed by atoms with Crippen LogP contribution in [0.5, 0.6) is 0 Å². The van der Waals surface area contributed by atoms with E-state index in [1.54, 1.807) is 0 Å². The molecule has 15 heavy (non-hydrogen) atoms. The molecule has 0 aliphatic carbocycles. The molecule has 7 heteroatoms. The molecule has 0 bridgehead atoms. The number of carbonyl (C=O) groups is 1. The highest BCUT2D eigenvalue weighted by molar-refractivity contribution is 8.01. The van der Waals surface area contributed by atoms with Crippen molar-refractivity contribution >= 4 is 35.0 Å². The fourth-order valence-electron chi connectivity index (χ4n) is 0.794. The minimum Gasteiger partial charge on any atom is -0.476 e. The molecule has 1 aromatic carbocycles. The second-order valence-electron chi connectivity index (χ2n) is 2.61. The van der Waals surface area contributed by atoms with E-state index in [0.717, 1.165) is 0 Å². The summed E-state index contributed by atoms with van der Waals surface area (Å²) in [6.07, 6.45) is 0. The summed E-state index contributed by atoms with van der Waals surface area (Å²) in [5.41, 5.74) is 5.42. The zero-order valence-electron chi connectivity index (χ0n) is 7.21. The summed E-state index contributed by atoms with van der Waals surface area (Å²) >= 11 is 5.43. The smallest absolute Gasteiger partial charge is 0.393 e. The van der Waals surface area contributed by atoms with Gasteiger partial charge in [0.05, 0.1) is 0 Å². The number of hydrogen-bond donors (Lipinski definition) is 2. The molecular formula is C8H6ClF2NO2S. The molecular weight excluding hydrogens is 248 g/mol. The number of anilines is 1. The largest absolute Gasteiger partial charge is 0.476 e. The third-order valence-electron chi connectivity index (χ3n) is 1.46. The average molecular weight is 254 g/mol. The monoisotopic (exact) mass is 253 g/mol. The van der Waals surface area contributed by atoms with Crippen LogP contribution in [0.3, 0.4) is 0 Å². The maximum Gasteiger partial charge on any atom is 0.393 e. The number of nitrogen functional groups attached to an aromatic ring is 1. The zero-order chi connectivity index (χ0) is 11.6. The Hall–Kier alpha value is -1.01. The Labute approximate surface area is 93.2 Å². The summed E-state index contributed by atoms with van der Waals surface area (Å²) in [7, 11) is 0. The Morgan fingerprint density at radius 3 is 2.60 bits per heavy atom. The molecule has 0 aliphatic rings. The molecule has 0 spiro atoms. The van der Waals surface area contributed by atoms with E-state index in [-0.39, 0.29) is 22.3 Å². The Bertz CT molecular complexity index is 400. The van der Waals surface area contributed by atoms with Crippen LogP contribution < -0.4 is 5.73 Å². The summed E-state index contributed by atoms with van der Waals surface area (Å²) < 4.78 is 25.6. The molecule has 1 aromatic rings. The lowest BCUT2D eigenvalue weighted by molar-refractivity contribution is -0.152. The third kappa shape index (κ3) is 2.97. The van der Waals surface area contributed by atoms with Gasteiger partial charge >= 0.3 is 11.2 Å². The SMILES string of the molecule is Nc1cc(Cl)ccc1SC(F)(F)C(=O)O. The van der Waals surface area contributed by atoms with Gasteiger partial charge in [0.2, 0.25) is 0 Å². The highest BCUT2D eigenvalue weighted by Crippen LogP contribution is 2.39. The van der Waals surface area contributed by atoms with Gasteiger partial charge in [-0.3, -0.25) is 0 Å². The molecule has 0 radical (unpaired) electrons. The maximum atomic E-state index is 12.8. The molecule has 0 aromatic heterocycles. The number of thioether (sulfide) groups is 1. The number of benzene rings is 1. The normalized spacial score (nSPS) is 11.4. The molecule has 0 saturated carbocycles. The molecule has 0 heterocycles. The van der Waals surface area contributed by atoms with Crippen LogP contribution >= 0.6 is 23.4 Å². The number of nitrogens with two attached hydrogens (primary N) is 1. The van der Waals surface area contributed by atoms with Gasteiger partial charge in [-0.15, -0.1) is 0 Å². The van der Waals surface area contributed by atoms with Crippen molar-refractivity contribution in [3.8, 4) is 0 Å². The number of rotatable bonds is 3. The summed E-state index contributed by atoms with van der Waals surface area (Å²) in [6.45, 7) is 0. The first-order valence-electron chi connectivity index (χ1n) is 3.68. The van der Waals surface area contributed by atoms with E-state index in [1.807, 2.05) is 0 Å². The van der Waals surface area contributed by atoms with Crippen molar-refractivity contribution in [3.63, 3.8) is 0 Å². The number of aliphatic carboxylic acids is 1. The number of halogens is 3. The van der Waals surface area contributed by atoms with Gasteiger partial charge in [-0.05, 0) is 30.0 Å². The van der Waals surface area contributed by atoms with Crippen LogP contribution in [-0.4, -0.2) is 16.3 Å². The van der Waals surface area contributed by atoms with Gasteiger partial charge in [0.25, 0.3) is 0 Å².